The van der Waals surface area contributed by atoms with Crippen LogP contribution in [-0.2, 0) is 9.59 Å². The lowest BCUT2D eigenvalue weighted by Crippen LogP contribution is -2.43. The zero-order valence-electron chi connectivity index (χ0n) is 12.8. The molecule has 0 heterocycles. The molecule has 0 bridgehead atoms. The van der Waals surface area contributed by atoms with Crippen LogP contribution < -0.4 is 4.30 Å². The minimum atomic E-state index is -1.58. The molecule has 0 aliphatic heterocycles. The fourth-order valence-electron chi connectivity index (χ4n) is 2.35. The van der Waals surface area contributed by atoms with E-state index in [-0.39, 0.29) is 10.1 Å². The minimum Gasteiger partial charge on any atom is -0.481 e. The van der Waals surface area contributed by atoms with Crippen LogP contribution in [0.3, 0.4) is 0 Å². The van der Waals surface area contributed by atoms with Crippen LogP contribution in [0.5, 0.6) is 0 Å². The van der Waals surface area contributed by atoms with E-state index in [2.05, 4.69) is 4.30 Å². The first kappa shape index (κ1) is 20.3. The van der Waals surface area contributed by atoms with Gasteiger partial charge < -0.3 is 24.8 Å². The van der Waals surface area contributed by atoms with Gasteiger partial charge in [-0.05, 0) is 31.9 Å². The molecule has 1 aromatic carbocycles. The van der Waals surface area contributed by atoms with Gasteiger partial charge in [-0.15, -0.1) is 0 Å². The molecule has 0 unspecified atom stereocenters. The molecular formula is C14H20AlNO6. The third-order valence-corrected chi connectivity index (χ3v) is 4.51. The molecule has 1 atom stereocenters. The summed E-state index contributed by atoms with van der Waals surface area (Å²) in [6.45, 7) is 5.62. The molecule has 8 heteroatoms. The highest BCUT2D eigenvalue weighted by Gasteiger charge is 2.24. The van der Waals surface area contributed by atoms with E-state index in [4.69, 9.17) is 10.2 Å². The van der Waals surface area contributed by atoms with Crippen molar-refractivity contribution in [3.8, 4) is 0 Å². The normalized spacial score (nSPS) is 11.2. The second kappa shape index (κ2) is 8.66. The fraction of sp³-hybridized carbons (Fsp3) is 0.357. The summed E-state index contributed by atoms with van der Waals surface area (Å²) >= 11 is -1.58. The molecular weight excluding hydrogens is 305 g/mol. The third-order valence-electron chi connectivity index (χ3n) is 3.14. The Balaban J connectivity index is 0.00000441. The largest absolute Gasteiger partial charge is 0.481 e. The molecule has 0 radical (unpaired) electrons. The number of aliphatic carboxylic acids is 2. The van der Waals surface area contributed by atoms with E-state index in [1.807, 2.05) is 32.9 Å². The first-order valence-electron chi connectivity index (χ1n) is 6.51. The van der Waals surface area contributed by atoms with Crippen molar-refractivity contribution in [1.29, 1.82) is 0 Å². The molecule has 0 saturated carbocycles. The van der Waals surface area contributed by atoms with E-state index in [1.54, 1.807) is 0 Å². The van der Waals surface area contributed by atoms with Crippen LogP contribution in [0.15, 0.2) is 12.1 Å². The summed E-state index contributed by atoms with van der Waals surface area (Å²) in [6.07, 6.45) is -0.540. The Bertz CT molecular complexity index is 564. The Kier molecular flexibility index (Phi) is 7.98. The van der Waals surface area contributed by atoms with Crippen molar-refractivity contribution in [1.82, 2.24) is 4.30 Å². The van der Waals surface area contributed by atoms with E-state index in [9.17, 15) is 14.4 Å². The van der Waals surface area contributed by atoms with Gasteiger partial charge in [0, 0.05) is 5.56 Å². The van der Waals surface area contributed by atoms with Crippen molar-refractivity contribution in [3.05, 3.63) is 34.4 Å². The van der Waals surface area contributed by atoms with Crippen molar-refractivity contribution in [2.75, 3.05) is 0 Å². The first-order chi connectivity index (χ1) is 9.72. The number of benzene rings is 1. The smallest absolute Gasteiger partial charge is 0.452 e. The Hall–Kier alpha value is -1.72. The van der Waals surface area contributed by atoms with Crippen LogP contribution in [0.25, 0.3) is 0 Å². The van der Waals surface area contributed by atoms with Crippen molar-refractivity contribution >= 4 is 32.0 Å². The Morgan fingerprint density at radius 3 is 2.05 bits per heavy atom. The van der Waals surface area contributed by atoms with Crippen LogP contribution in [0.4, 0.5) is 0 Å². The van der Waals surface area contributed by atoms with Crippen LogP contribution in [0.2, 0.25) is 0 Å². The number of hydrogen-bond donors (Lipinski definition) is 3. The third kappa shape index (κ3) is 5.58. The van der Waals surface area contributed by atoms with Gasteiger partial charge >= 0.3 is 27.4 Å². The number of carbonyl (C=O) groups is 3. The lowest BCUT2D eigenvalue weighted by Gasteiger charge is -2.13. The molecule has 7 nitrogen and oxygen atoms in total. The molecule has 1 rings (SSSR count). The second-order valence-electron chi connectivity index (χ2n) is 5.07. The van der Waals surface area contributed by atoms with E-state index >= 15 is 0 Å². The van der Waals surface area contributed by atoms with Gasteiger partial charge in [0.1, 0.15) is 0 Å². The molecule has 0 aliphatic rings. The summed E-state index contributed by atoms with van der Waals surface area (Å²) in [5, 5.41) is 17.6. The maximum Gasteiger partial charge on any atom is 0.452 e. The highest BCUT2D eigenvalue weighted by atomic mass is 27.1. The fourth-order valence-corrected chi connectivity index (χ4v) is 3.83. The molecule has 0 aromatic heterocycles. The van der Waals surface area contributed by atoms with Gasteiger partial charge in [0.05, 0.1) is 17.1 Å². The Morgan fingerprint density at radius 1 is 1.14 bits per heavy atom. The lowest BCUT2D eigenvalue weighted by molar-refractivity contribution is -0.145. The van der Waals surface area contributed by atoms with E-state index in [1.165, 1.54) is 0 Å². The maximum absolute atomic E-state index is 12.3. The number of hydrogen-bond acceptors (Lipinski definition) is 4. The monoisotopic (exact) mass is 325 g/mol. The van der Waals surface area contributed by atoms with E-state index in [0.29, 0.717) is 5.56 Å². The zero-order chi connectivity index (χ0) is 16.2. The molecule has 120 valence electrons. The van der Waals surface area contributed by atoms with Gasteiger partial charge in [0.15, 0.2) is 0 Å². The number of carbonyl (C=O) groups excluding carboxylic acids is 1. The summed E-state index contributed by atoms with van der Waals surface area (Å²) in [4.78, 5) is 33.8. The predicted octanol–water partition coefficient (Wildman–Crippen LogP) is -0.204. The second-order valence-corrected chi connectivity index (χ2v) is 6.47. The molecule has 0 amide bonds. The SMILES string of the molecule is Cc1cc(C)c([C](=O)[AlH][NH][C@@H](CC(=O)O)C(=O)O)c(C)c1.O. The molecule has 0 fully saturated rings. The van der Waals surface area contributed by atoms with Crippen LogP contribution >= 0.6 is 0 Å². The summed E-state index contributed by atoms with van der Waals surface area (Å²) in [5.74, 6) is -2.46. The summed E-state index contributed by atoms with van der Waals surface area (Å²) in [5.41, 5.74) is 3.39. The quantitative estimate of drug-likeness (QED) is 0.594. The average molecular weight is 325 g/mol. The van der Waals surface area contributed by atoms with E-state index < -0.39 is 39.8 Å². The molecule has 1 aromatic rings. The van der Waals surface area contributed by atoms with Gasteiger partial charge in [0.25, 0.3) is 0 Å². The van der Waals surface area contributed by atoms with Crippen molar-refractivity contribution in [3.63, 3.8) is 0 Å². The predicted molar refractivity (Wildman–Crippen MR) is 82.6 cm³/mol. The maximum atomic E-state index is 12.3. The van der Waals surface area contributed by atoms with Gasteiger partial charge in [0.2, 0.25) is 0 Å². The highest BCUT2D eigenvalue weighted by Crippen LogP contribution is 2.16. The number of carboxylic acid groups (broad SMARTS) is 2. The van der Waals surface area contributed by atoms with Crippen molar-refractivity contribution < 1.29 is 30.1 Å². The number of nitrogens with one attached hydrogen (secondary N) is 1. The lowest BCUT2D eigenvalue weighted by atomic mass is 10.0. The summed E-state index contributed by atoms with van der Waals surface area (Å²) in [6, 6.07) is 2.59. The standard InChI is InChI=1S/C10H11O.C4H6NO4.Al.H2O.H/c1-7-4-8(2)10(6-11)9(3)5-7;5-2(4(8)9)1-3(6)7;;;/h4-5H,1-3H3;2,5H,1H2,(H,6,7)(H,8,9);;1H2;/q;-1;+1;;/t;2-;;;/m.0.../s1. The molecule has 0 aliphatic carbocycles. The van der Waals surface area contributed by atoms with Gasteiger partial charge in [-0.3, -0.25) is 9.59 Å². The highest BCUT2D eigenvalue weighted by molar-refractivity contribution is 6.76. The van der Waals surface area contributed by atoms with Crippen LogP contribution in [-0.4, -0.2) is 53.8 Å². The van der Waals surface area contributed by atoms with Gasteiger partial charge in [-0.25, -0.2) is 0 Å². The van der Waals surface area contributed by atoms with Gasteiger partial charge in [-0.2, -0.15) is 0 Å². The van der Waals surface area contributed by atoms with E-state index in [0.717, 1.165) is 16.7 Å². The van der Waals surface area contributed by atoms with Crippen LogP contribution in [0.1, 0.15) is 33.5 Å². The van der Waals surface area contributed by atoms with Crippen molar-refractivity contribution in [2.45, 2.75) is 33.2 Å². The Labute approximate surface area is 134 Å². The molecule has 0 saturated heterocycles. The van der Waals surface area contributed by atoms with Gasteiger partial charge in [-0.1, -0.05) is 17.7 Å². The Morgan fingerprint density at radius 2 is 1.64 bits per heavy atom. The summed E-state index contributed by atoms with van der Waals surface area (Å²) in [7, 11) is 0. The van der Waals surface area contributed by atoms with Crippen LogP contribution in [0, 0.1) is 20.8 Å². The molecule has 5 N–H and O–H groups in total. The number of rotatable bonds is 7. The minimum absolute atomic E-state index is 0. The molecule has 0 spiro atoms. The first-order valence-corrected chi connectivity index (χ1v) is 7.92. The molecule has 22 heavy (non-hydrogen) atoms. The topological polar surface area (TPSA) is 135 Å². The summed E-state index contributed by atoms with van der Waals surface area (Å²) < 4.78 is 2.52. The van der Waals surface area contributed by atoms with Crippen molar-refractivity contribution in [2.24, 2.45) is 0 Å². The zero-order valence-corrected chi connectivity index (χ0v) is 14.2. The average Bonchev–Trinajstić information content (AvgIpc) is 2.32. The number of carboxylic acids is 2. The number of aryl methyl sites for hydroxylation is 3.